The number of hydrogen-bond acceptors (Lipinski definition) is 3. The van der Waals surface area contributed by atoms with Crippen LogP contribution in [0.1, 0.15) is 6.92 Å². The molecule has 1 aliphatic rings. The highest BCUT2D eigenvalue weighted by Crippen LogP contribution is 2.13. The molecule has 0 aromatic heterocycles. The first-order valence-electron chi connectivity index (χ1n) is 3.40. The second kappa shape index (κ2) is 2.51. The second-order valence-electron chi connectivity index (χ2n) is 3.05. The van der Waals surface area contributed by atoms with Crippen LogP contribution in [0, 0.1) is 5.92 Å². The maximum Gasteiger partial charge on any atom is 0.147 e. The quantitative estimate of drug-likeness (QED) is 0.604. The first-order valence-corrected chi connectivity index (χ1v) is 5.46. The minimum atomic E-state index is -2.76. The van der Waals surface area contributed by atoms with Crippen LogP contribution in [0.15, 0.2) is 0 Å². The van der Waals surface area contributed by atoms with Gasteiger partial charge in [-0.1, -0.05) is 0 Å². The van der Waals surface area contributed by atoms with E-state index >= 15 is 0 Å². The van der Waals surface area contributed by atoms with E-state index < -0.39 is 9.84 Å². The second-order valence-corrected chi connectivity index (χ2v) is 5.23. The van der Waals surface area contributed by atoms with Crippen LogP contribution in [0.3, 0.4) is 0 Å². The fourth-order valence-corrected chi connectivity index (χ4v) is 2.30. The first-order chi connectivity index (χ1) is 4.49. The van der Waals surface area contributed by atoms with Gasteiger partial charge in [0, 0.05) is 24.8 Å². The highest BCUT2D eigenvalue weighted by Gasteiger charge is 2.28. The lowest BCUT2D eigenvalue weighted by Crippen LogP contribution is -2.53. The largest absolute Gasteiger partial charge is 0.314 e. The summed E-state index contributed by atoms with van der Waals surface area (Å²) in [7, 11) is -2.76. The van der Waals surface area contributed by atoms with Gasteiger partial charge in [-0.2, -0.15) is 0 Å². The van der Waals surface area contributed by atoms with Crippen molar-refractivity contribution in [3.8, 4) is 0 Å². The maximum absolute atomic E-state index is 10.8. The summed E-state index contributed by atoms with van der Waals surface area (Å²) in [6.07, 6.45) is 1.29. The smallest absolute Gasteiger partial charge is 0.147 e. The molecule has 0 radical (unpaired) electrons. The summed E-state index contributed by atoms with van der Waals surface area (Å²) in [5, 5.41) is 3.12. The molecule has 1 heterocycles. The van der Waals surface area contributed by atoms with Crippen molar-refractivity contribution in [3.63, 3.8) is 0 Å². The molecule has 1 N–H and O–H groups in total. The summed E-state index contributed by atoms with van der Waals surface area (Å²) < 4.78 is 21.5. The van der Waals surface area contributed by atoms with Gasteiger partial charge < -0.3 is 5.32 Å². The van der Waals surface area contributed by atoms with Gasteiger partial charge in [0.1, 0.15) is 9.84 Å². The molecule has 0 amide bonds. The van der Waals surface area contributed by atoms with Gasteiger partial charge in [-0.3, -0.25) is 0 Å². The standard InChI is InChI=1S/C6H13NO2S/c1-5-6(3-7-5)4-10(2,8)9/h5-7H,3-4H2,1-2H3/t5-,6-/m0/s1. The molecular formula is C6H13NO2S. The lowest BCUT2D eigenvalue weighted by atomic mass is 9.96. The average Bonchev–Trinajstić information content (AvgIpc) is 1.78. The van der Waals surface area contributed by atoms with Crippen molar-refractivity contribution in [2.75, 3.05) is 18.6 Å². The van der Waals surface area contributed by atoms with Gasteiger partial charge in [-0.25, -0.2) is 8.42 Å². The van der Waals surface area contributed by atoms with E-state index in [-0.39, 0.29) is 0 Å². The van der Waals surface area contributed by atoms with E-state index in [1.165, 1.54) is 6.26 Å². The van der Waals surface area contributed by atoms with E-state index in [4.69, 9.17) is 0 Å². The van der Waals surface area contributed by atoms with Crippen LogP contribution in [0.2, 0.25) is 0 Å². The zero-order valence-corrected chi connectivity index (χ0v) is 7.11. The SMILES string of the molecule is C[C@@H]1NC[C@H]1CS(C)(=O)=O. The third-order valence-electron chi connectivity index (χ3n) is 1.93. The predicted molar refractivity (Wildman–Crippen MR) is 40.7 cm³/mol. The zero-order valence-electron chi connectivity index (χ0n) is 6.29. The Kier molecular flexibility index (Phi) is 2.01. The van der Waals surface area contributed by atoms with Gasteiger partial charge in [0.25, 0.3) is 0 Å². The molecule has 0 aliphatic carbocycles. The van der Waals surface area contributed by atoms with Crippen LogP contribution in [-0.2, 0) is 9.84 Å². The molecule has 0 bridgehead atoms. The Morgan fingerprint density at radius 2 is 2.20 bits per heavy atom. The van der Waals surface area contributed by atoms with Crippen molar-refractivity contribution in [2.45, 2.75) is 13.0 Å². The molecule has 1 saturated heterocycles. The van der Waals surface area contributed by atoms with Crippen LogP contribution in [0.5, 0.6) is 0 Å². The summed E-state index contributed by atoms with van der Waals surface area (Å²) in [5.74, 6) is 0.677. The van der Waals surface area contributed by atoms with Crippen LogP contribution < -0.4 is 5.32 Å². The Morgan fingerprint density at radius 3 is 2.30 bits per heavy atom. The molecular weight excluding hydrogens is 150 g/mol. The van der Waals surface area contributed by atoms with Gasteiger partial charge in [0.2, 0.25) is 0 Å². The minimum Gasteiger partial charge on any atom is -0.314 e. The van der Waals surface area contributed by atoms with Gasteiger partial charge in [0.05, 0.1) is 5.75 Å². The van der Waals surface area contributed by atoms with Crippen LogP contribution in [-0.4, -0.2) is 33.0 Å². The van der Waals surface area contributed by atoms with Crippen molar-refractivity contribution in [3.05, 3.63) is 0 Å². The van der Waals surface area contributed by atoms with Crippen LogP contribution in [0.4, 0.5) is 0 Å². The van der Waals surface area contributed by atoms with Crippen molar-refractivity contribution in [2.24, 2.45) is 5.92 Å². The van der Waals surface area contributed by atoms with Crippen LogP contribution in [0.25, 0.3) is 0 Å². The molecule has 2 atom stereocenters. The molecule has 0 aromatic rings. The van der Waals surface area contributed by atoms with Crippen LogP contribution >= 0.6 is 0 Å². The van der Waals surface area contributed by atoms with Gasteiger partial charge in [0.15, 0.2) is 0 Å². The van der Waals surface area contributed by atoms with Gasteiger partial charge in [-0.05, 0) is 6.92 Å². The van der Waals surface area contributed by atoms with Gasteiger partial charge >= 0.3 is 0 Å². The van der Waals surface area contributed by atoms with E-state index in [0.717, 1.165) is 6.54 Å². The number of rotatable bonds is 2. The molecule has 4 heteroatoms. The first kappa shape index (κ1) is 8.01. The van der Waals surface area contributed by atoms with E-state index in [1.807, 2.05) is 6.92 Å². The Bertz CT molecular complexity index is 210. The molecule has 1 aliphatic heterocycles. The molecule has 60 valence electrons. The van der Waals surface area contributed by atoms with E-state index in [1.54, 1.807) is 0 Å². The van der Waals surface area contributed by atoms with E-state index in [0.29, 0.717) is 17.7 Å². The molecule has 3 nitrogen and oxygen atoms in total. The monoisotopic (exact) mass is 163 g/mol. The number of hydrogen-bond donors (Lipinski definition) is 1. The third-order valence-corrected chi connectivity index (χ3v) is 2.96. The summed E-state index contributed by atoms with van der Waals surface area (Å²) in [4.78, 5) is 0. The lowest BCUT2D eigenvalue weighted by Gasteiger charge is -2.34. The molecule has 1 rings (SSSR count). The topological polar surface area (TPSA) is 46.2 Å². The number of sulfone groups is 1. The van der Waals surface area contributed by atoms with E-state index in [9.17, 15) is 8.42 Å². The zero-order chi connectivity index (χ0) is 7.78. The van der Waals surface area contributed by atoms with Crippen molar-refractivity contribution < 1.29 is 8.42 Å². The fourth-order valence-electron chi connectivity index (χ4n) is 1.11. The Balaban J connectivity index is 2.40. The Morgan fingerprint density at radius 1 is 1.60 bits per heavy atom. The summed E-state index contributed by atoms with van der Waals surface area (Å²) in [5.41, 5.74) is 0. The summed E-state index contributed by atoms with van der Waals surface area (Å²) in [6.45, 7) is 2.87. The molecule has 0 unspecified atom stereocenters. The van der Waals surface area contributed by atoms with Gasteiger partial charge in [-0.15, -0.1) is 0 Å². The predicted octanol–water partition coefficient (Wildman–Crippen LogP) is -0.361. The normalized spacial score (nSPS) is 33.4. The number of nitrogens with one attached hydrogen (secondary N) is 1. The highest BCUT2D eigenvalue weighted by molar-refractivity contribution is 7.90. The maximum atomic E-state index is 10.8. The summed E-state index contributed by atoms with van der Waals surface area (Å²) >= 11 is 0. The van der Waals surface area contributed by atoms with Crippen molar-refractivity contribution in [1.29, 1.82) is 0 Å². The highest BCUT2D eigenvalue weighted by atomic mass is 32.2. The molecule has 10 heavy (non-hydrogen) atoms. The summed E-state index contributed by atoms with van der Waals surface area (Å²) in [6, 6.07) is 0.384. The molecule has 1 fully saturated rings. The Hall–Kier alpha value is -0.0900. The molecule has 0 saturated carbocycles. The molecule has 0 aromatic carbocycles. The fraction of sp³-hybridized carbons (Fsp3) is 1.00. The lowest BCUT2D eigenvalue weighted by molar-refractivity contribution is 0.276. The van der Waals surface area contributed by atoms with Crippen molar-refractivity contribution in [1.82, 2.24) is 5.32 Å². The third kappa shape index (κ3) is 1.95. The average molecular weight is 163 g/mol. The Labute approximate surface area is 61.7 Å². The molecule has 0 spiro atoms. The van der Waals surface area contributed by atoms with Crippen molar-refractivity contribution >= 4 is 9.84 Å². The minimum absolute atomic E-state index is 0.334. The van der Waals surface area contributed by atoms with E-state index in [2.05, 4.69) is 5.32 Å².